The average molecular weight is 375 g/mol. The first-order valence-electron chi connectivity index (χ1n) is 7.71. The highest BCUT2D eigenvalue weighted by molar-refractivity contribution is 6.43. The van der Waals surface area contributed by atoms with Crippen molar-refractivity contribution in [2.24, 2.45) is 0 Å². The van der Waals surface area contributed by atoms with E-state index in [0.29, 0.717) is 40.1 Å². The van der Waals surface area contributed by atoms with Crippen molar-refractivity contribution >= 4 is 40.9 Å². The summed E-state index contributed by atoms with van der Waals surface area (Å²) >= 11 is 12.7. The fraction of sp³-hybridized carbons (Fsp3) is 0.500. The highest BCUT2D eigenvalue weighted by atomic mass is 35.5. The van der Waals surface area contributed by atoms with Crippen molar-refractivity contribution in [3.05, 3.63) is 21.7 Å². The molecule has 8 heteroatoms. The number of anilines is 1. The van der Waals surface area contributed by atoms with Crippen LogP contribution in [0.15, 0.2) is 6.07 Å². The molecule has 1 saturated heterocycles. The van der Waals surface area contributed by atoms with E-state index in [1.165, 1.54) is 12.0 Å². The highest BCUT2D eigenvalue weighted by Crippen LogP contribution is 2.46. The van der Waals surface area contributed by atoms with E-state index in [-0.39, 0.29) is 24.9 Å². The number of methoxy groups -OCH3 is 1. The normalized spacial score (nSPS) is 16.7. The molecule has 2 amide bonds. The van der Waals surface area contributed by atoms with Crippen molar-refractivity contribution in [3.8, 4) is 5.75 Å². The van der Waals surface area contributed by atoms with Crippen molar-refractivity contribution in [3.63, 3.8) is 0 Å². The van der Waals surface area contributed by atoms with Crippen molar-refractivity contribution in [2.75, 3.05) is 31.7 Å². The third kappa shape index (κ3) is 3.54. The number of nitrogens with one attached hydrogen (secondary N) is 1. The number of rotatable bonds is 5. The first kappa shape index (κ1) is 18.7. The van der Waals surface area contributed by atoms with Crippen molar-refractivity contribution in [1.82, 2.24) is 5.32 Å². The Hall–Kier alpha value is -1.66. The Labute approximate surface area is 151 Å². The second-order valence-electron chi connectivity index (χ2n) is 5.29. The maximum absolute atomic E-state index is 12.4. The molecule has 1 N–H and O–H groups in total. The Morgan fingerprint density at radius 1 is 1.42 bits per heavy atom. The molecule has 1 aromatic carbocycles. The molecule has 1 heterocycles. The van der Waals surface area contributed by atoms with E-state index in [0.717, 1.165) is 0 Å². The Kier molecular flexibility index (Phi) is 6.18. The summed E-state index contributed by atoms with van der Waals surface area (Å²) < 4.78 is 10.6. The zero-order chi connectivity index (χ0) is 17.9. The van der Waals surface area contributed by atoms with Crippen LogP contribution in [0.4, 0.5) is 10.5 Å². The number of ether oxygens (including phenoxy) is 2. The monoisotopic (exact) mass is 374 g/mol. The van der Waals surface area contributed by atoms with E-state index in [2.05, 4.69) is 5.32 Å². The lowest BCUT2D eigenvalue weighted by molar-refractivity contribution is -0.119. The van der Waals surface area contributed by atoms with Crippen LogP contribution in [-0.2, 0) is 9.53 Å². The molecular weight excluding hydrogens is 355 g/mol. The van der Waals surface area contributed by atoms with Crippen LogP contribution < -0.4 is 15.0 Å². The summed E-state index contributed by atoms with van der Waals surface area (Å²) in [6, 6.07) is 1.56. The summed E-state index contributed by atoms with van der Waals surface area (Å²) in [5, 5.41) is 3.40. The van der Waals surface area contributed by atoms with Gasteiger partial charge in [-0.25, -0.2) is 4.79 Å². The van der Waals surface area contributed by atoms with Crippen LogP contribution in [0.2, 0.25) is 10.0 Å². The largest absolute Gasteiger partial charge is 0.495 e. The molecule has 0 saturated carbocycles. The van der Waals surface area contributed by atoms with Crippen LogP contribution in [0.1, 0.15) is 31.7 Å². The van der Waals surface area contributed by atoms with Gasteiger partial charge in [-0.15, -0.1) is 0 Å². The Morgan fingerprint density at radius 3 is 2.62 bits per heavy atom. The molecule has 1 aromatic rings. The Balaban J connectivity index is 2.64. The number of halogens is 2. The third-order valence-electron chi connectivity index (χ3n) is 3.87. The van der Waals surface area contributed by atoms with Gasteiger partial charge >= 0.3 is 6.09 Å². The minimum atomic E-state index is -0.504. The first-order chi connectivity index (χ1) is 11.4. The number of nitrogens with zero attached hydrogens (tertiary/aromatic N) is 1. The molecular formula is C16H20Cl2N2O4. The minimum absolute atomic E-state index is 0.0693. The van der Waals surface area contributed by atoms with E-state index in [4.69, 9.17) is 32.7 Å². The molecule has 1 aliphatic heterocycles. The predicted molar refractivity (Wildman–Crippen MR) is 93.4 cm³/mol. The number of carbonyl (C=O) groups is 2. The van der Waals surface area contributed by atoms with Crippen LogP contribution in [0.25, 0.3) is 0 Å². The van der Waals surface area contributed by atoms with E-state index in [1.54, 1.807) is 13.0 Å². The van der Waals surface area contributed by atoms with Crippen LogP contribution >= 0.6 is 23.2 Å². The number of carbonyl (C=O) groups excluding carboxylic acids is 2. The predicted octanol–water partition coefficient (Wildman–Crippen LogP) is 3.59. The molecule has 24 heavy (non-hydrogen) atoms. The lowest BCUT2D eigenvalue weighted by Crippen LogP contribution is -2.33. The molecule has 1 fully saturated rings. The molecule has 0 aliphatic carbocycles. The highest BCUT2D eigenvalue weighted by Gasteiger charge is 2.33. The third-order valence-corrected chi connectivity index (χ3v) is 4.67. The average Bonchev–Trinajstić information content (AvgIpc) is 2.97. The number of hydrogen-bond acceptors (Lipinski definition) is 4. The van der Waals surface area contributed by atoms with Crippen LogP contribution in [0.5, 0.6) is 5.75 Å². The molecule has 0 radical (unpaired) electrons. The van der Waals surface area contributed by atoms with Crippen molar-refractivity contribution < 1.29 is 19.1 Å². The van der Waals surface area contributed by atoms with Gasteiger partial charge < -0.3 is 14.8 Å². The van der Waals surface area contributed by atoms with Crippen LogP contribution in [-0.4, -0.2) is 38.8 Å². The zero-order valence-corrected chi connectivity index (χ0v) is 15.3. The standard InChI is InChI=1S/C16H20Cl2N2O4/c1-4-20(16(22)24-5-2)15-11(23-3)7-10(17)14(18)13(15)9-6-12(21)19-8-9/h7,9H,4-6,8H2,1-3H3,(H,19,21). The molecule has 0 aromatic heterocycles. The van der Waals surface area contributed by atoms with Gasteiger partial charge in [0.1, 0.15) is 5.75 Å². The quantitative estimate of drug-likeness (QED) is 0.854. The Bertz CT molecular complexity index is 651. The van der Waals surface area contributed by atoms with Crippen LogP contribution in [0, 0.1) is 0 Å². The lowest BCUT2D eigenvalue weighted by Gasteiger charge is -2.28. The molecule has 0 bridgehead atoms. The van der Waals surface area contributed by atoms with Gasteiger partial charge in [-0.3, -0.25) is 9.69 Å². The zero-order valence-electron chi connectivity index (χ0n) is 13.8. The molecule has 1 aliphatic rings. The summed E-state index contributed by atoms with van der Waals surface area (Å²) in [5.41, 5.74) is 1.11. The summed E-state index contributed by atoms with van der Waals surface area (Å²) in [6.45, 7) is 4.58. The van der Waals surface area contributed by atoms with E-state index < -0.39 is 6.09 Å². The fourth-order valence-corrected chi connectivity index (χ4v) is 3.31. The first-order valence-corrected chi connectivity index (χ1v) is 8.46. The number of benzene rings is 1. The number of hydrogen-bond donors (Lipinski definition) is 1. The van der Waals surface area contributed by atoms with Gasteiger partial charge in [-0.05, 0) is 13.8 Å². The molecule has 132 valence electrons. The second kappa shape index (κ2) is 7.94. The fourth-order valence-electron chi connectivity index (χ4n) is 2.81. The van der Waals surface area contributed by atoms with E-state index >= 15 is 0 Å². The lowest BCUT2D eigenvalue weighted by atomic mass is 9.95. The van der Waals surface area contributed by atoms with Crippen molar-refractivity contribution in [1.29, 1.82) is 0 Å². The van der Waals surface area contributed by atoms with E-state index in [1.807, 2.05) is 6.92 Å². The minimum Gasteiger partial charge on any atom is -0.495 e. The van der Waals surface area contributed by atoms with E-state index in [9.17, 15) is 9.59 Å². The summed E-state index contributed by atoms with van der Waals surface area (Å²) in [6.07, 6.45) is -0.230. The molecule has 1 atom stereocenters. The molecule has 2 rings (SSSR count). The number of amides is 2. The summed E-state index contributed by atoms with van der Waals surface area (Å²) in [7, 11) is 1.49. The molecule has 6 nitrogen and oxygen atoms in total. The van der Waals surface area contributed by atoms with Gasteiger partial charge in [0, 0.05) is 37.1 Å². The van der Waals surface area contributed by atoms with Gasteiger partial charge in [0.15, 0.2) is 0 Å². The summed E-state index contributed by atoms with van der Waals surface area (Å²) in [4.78, 5) is 25.4. The summed E-state index contributed by atoms with van der Waals surface area (Å²) in [5.74, 6) is 0.143. The maximum atomic E-state index is 12.4. The van der Waals surface area contributed by atoms with Gasteiger partial charge in [-0.2, -0.15) is 0 Å². The Morgan fingerprint density at radius 2 is 2.12 bits per heavy atom. The van der Waals surface area contributed by atoms with Gasteiger partial charge in [0.05, 0.1) is 29.4 Å². The van der Waals surface area contributed by atoms with Gasteiger partial charge in [0.25, 0.3) is 0 Å². The second-order valence-corrected chi connectivity index (χ2v) is 6.07. The van der Waals surface area contributed by atoms with Gasteiger partial charge in [0.2, 0.25) is 5.91 Å². The maximum Gasteiger partial charge on any atom is 0.414 e. The SMILES string of the molecule is CCOC(=O)N(CC)c1c(OC)cc(Cl)c(Cl)c1C1CNC(=O)C1. The molecule has 1 unspecified atom stereocenters. The smallest absolute Gasteiger partial charge is 0.414 e. The van der Waals surface area contributed by atoms with Crippen LogP contribution in [0.3, 0.4) is 0 Å². The van der Waals surface area contributed by atoms with Gasteiger partial charge in [-0.1, -0.05) is 23.2 Å². The molecule has 0 spiro atoms. The topological polar surface area (TPSA) is 67.9 Å². The van der Waals surface area contributed by atoms with Crippen molar-refractivity contribution in [2.45, 2.75) is 26.2 Å².